The van der Waals surface area contributed by atoms with E-state index >= 15 is 0 Å². The van der Waals surface area contributed by atoms with Crippen LogP contribution < -0.4 is 10.6 Å². The smallest absolute Gasteiger partial charge is 0.249 e. The van der Waals surface area contributed by atoms with Crippen LogP contribution in [-0.2, 0) is 20.8 Å². The van der Waals surface area contributed by atoms with E-state index in [0.29, 0.717) is 12.8 Å². The van der Waals surface area contributed by atoms with E-state index in [0.717, 1.165) is 44.1 Å². The molecule has 152 valence electrons. The zero-order chi connectivity index (χ0) is 20.1. The summed E-state index contributed by atoms with van der Waals surface area (Å²) in [5.74, 6) is -0.639. The Morgan fingerprint density at radius 1 is 1.18 bits per heavy atom. The molecule has 0 aromatic carbocycles. The van der Waals surface area contributed by atoms with Crippen LogP contribution in [0.3, 0.4) is 0 Å². The average molecular weight is 386 g/mol. The summed E-state index contributed by atoms with van der Waals surface area (Å²) < 4.78 is 0. The van der Waals surface area contributed by atoms with Crippen molar-refractivity contribution in [2.75, 3.05) is 13.6 Å². The molecule has 7 nitrogen and oxygen atoms in total. The van der Waals surface area contributed by atoms with Gasteiger partial charge in [-0.15, -0.1) is 0 Å². The highest BCUT2D eigenvalue weighted by atomic mass is 16.2. The third kappa shape index (κ3) is 4.13. The third-order valence-corrected chi connectivity index (χ3v) is 6.04. The predicted octanol–water partition coefficient (Wildman–Crippen LogP) is 2.11. The van der Waals surface area contributed by atoms with Crippen LogP contribution in [0.1, 0.15) is 63.1 Å². The van der Waals surface area contributed by atoms with Crippen LogP contribution in [0.25, 0.3) is 5.57 Å². The molecule has 0 aliphatic heterocycles. The maximum absolute atomic E-state index is 13.3. The number of hydrogen-bond donors (Lipinski definition) is 3. The number of H-pyrrole nitrogens is 1. The van der Waals surface area contributed by atoms with Gasteiger partial charge in [0.15, 0.2) is 0 Å². The molecule has 1 fully saturated rings. The molecule has 28 heavy (non-hydrogen) atoms. The molecule has 0 saturated heterocycles. The maximum Gasteiger partial charge on any atom is 0.249 e. The van der Waals surface area contributed by atoms with Crippen LogP contribution in [0.4, 0.5) is 0 Å². The molecule has 0 spiro atoms. The summed E-state index contributed by atoms with van der Waals surface area (Å²) in [6.07, 6.45) is 10.9. The number of amides is 3. The van der Waals surface area contributed by atoms with Crippen molar-refractivity contribution in [3.05, 3.63) is 29.7 Å². The molecule has 3 rings (SSSR count). The number of carbonyl (C=O) groups is 3. The van der Waals surface area contributed by atoms with E-state index in [1.807, 2.05) is 18.5 Å². The molecule has 0 atom stereocenters. The van der Waals surface area contributed by atoms with Gasteiger partial charge in [-0.25, -0.2) is 0 Å². The Bertz CT molecular complexity index is 774. The number of likely N-dealkylation sites (N-methyl/N-ethyl adjacent to an activating group) is 1. The summed E-state index contributed by atoms with van der Waals surface area (Å²) in [5.41, 5.74) is 2.63. The second-order valence-electron chi connectivity index (χ2n) is 7.82. The first-order valence-electron chi connectivity index (χ1n) is 10.1. The molecule has 1 heterocycles. The highest BCUT2D eigenvalue weighted by molar-refractivity contribution is 5.94. The molecule has 1 aromatic heterocycles. The summed E-state index contributed by atoms with van der Waals surface area (Å²) in [6, 6.07) is 2.05. The SMILES string of the molecule is CC(=O)NCC(=O)N(C)C1(C(=O)N/C=C2\CCCc3[nH]ccc32)CCCCC1. The molecule has 7 heteroatoms. The summed E-state index contributed by atoms with van der Waals surface area (Å²) in [6.45, 7) is 1.29. The van der Waals surface area contributed by atoms with Crippen LogP contribution in [-0.4, -0.2) is 46.7 Å². The largest absolute Gasteiger partial charge is 0.364 e. The van der Waals surface area contributed by atoms with Crippen LogP contribution >= 0.6 is 0 Å². The van der Waals surface area contributed by atoms with Gasteiger partial charge in [0, 0.05) is 32.1 Å². The maximum atomic E-state index is 13.3. The molecule has 2 aliphatic rings. The summed E-state index contributed by atoms with van der Waals surface area (Å²) in [5, 5.41) is 5.53. The van der Waals surface area contributed by atoms with E-state index in [-0.39, 0.29) is 24.3 Å². The van der Waals surface area contributed by atoms with Crippen molar-refractivity contribution in [1.29, 1.82) is 0 Å². The lowest BCUT2D eigenvalue weighted by Gasteiger charge is -2.43. The number of aryl methyl sites for hydroxylation is 1. The Kier molecular flexibility index (Phi) is 6.21. The van der Waals surface area contributed by atoms with Crippen LogP contribution in [0.15, 0.2) is 18.5 Å². The van der Waals surface area contributed by atoms with Gasteiger partial charge in [-0.1, -0.05) is 19.3 Å². The second kappa shape index (κ2) is 8.63. The van der Waals surface area contributed by atoms with E-state index in [2.05, 4.69) is 15.6 Å². The number of nitrogens with zero attached hydrogens (tertiary/aromatic N) is 1. The zero-order valence-electron chi connectivity index (χ0n) is 16.8. The lowest BCUT2D eigenvalue weighted by atomic mass is 9.79. The van der Waals surface area contributed by atoms with E-state index in [1.54, 1.807) is 11.9 Å². The number of nitrogens with one attached hydrogen (secondary N) is 3. The number of allylic oxidation sites excluding steroid dienone is 1. The second-order valence-corrected chi connectivity index (χ2v) is 7.82. The lowest BCUT2D eigenvalue weighted by molar-refractivity contribution is -0.147. The number of rotatable bonds is 5. The number of fused-ring (bicyclic) bond motifs is 1. The van der Waals surface area contributed by atoms with Gasteiger partial charge >= 0.3 is 0 Å². The number of carbonyl (C=O) groups excluding carboxylic acids is 3. The van der Waals surface area contributed by atoms with Gasteiger partial charge in [0.05, 0.1) is 6.54 Å². The number of aromatic nitrogens is 1. The summed E-state index contributed by atoms with van der Waals surface area (Å²) in [4.78, 5) is 41.8. The Morgan fingerprint density at radius 2 is 1.93 bits per heavy atom. The van der Waals surface area contributed by atoms with Crippen LogP contribution in [0.5, 0.6) is 0 Å². The molecule has 0 bridgehead atoms. The fourth-order valence-corrected chi connectivity index (χ4v) is 4.35. The van der Waals surface area contributed by atoms with Crippen molar-refractivity contribution in [3.63, 3.8) is 0 Å². The van der Waals surface area contributed by atoms with Crippen molar-refractivity contribution < 1.29 is 14.4 Å². The Morgan fingerprint density at radius 3 is 2.64 bits per heavy atom. The summed E-state index contributed by atoms with van der Waals surface area (Å²) in [7, 11) is 1.67. The molecule has 2 aliphatic carbocycles. The lowest BCUT2D eigenvalue weighted by Crippen LogP contribution is -2.60. The summed E-state index contributed by atoms with van der Waals surface area (Å²) >= 11 is 0. The Balaban J connectivity index is 1.76. The third-order valence-electron chi connectivity index (χ3n) is 6.04. The van der Waals surface area contributed by atoms with E-state index < -0.39 is 5.54 Å². The molecule has 1 aromatic rings. The van der Waals surface area contributed by atoms with E-state index in [1.165, 1.54) is 18.2 Å². The number of hydrogen-bond acceptors (Lipinski definition) is 3. The minimum Gasteiger partial charge on any atom is -0.364 e. The van der Waals surface area contributed by atoms with E-state index in [4.69, 9.17) is 0 Å². The molecular formula is C21H30N4O3. The van der Waals surface area contributed by atoms with Crippen molar-refractivity contribution >= 4 is 23.3 Å². The topological polar surface area (TPSA) is 94.3 Å². The van der Waals surface area contributed by atoms with Crippen molar-refractivity contribution in [1.82, 2.24) is 20.5 Å². The van der Waals surface area contributed by atoms with Gasteiger partial charge in [0.25, 0.3) is 0 Å². The molecule has 3 N–H and O–H groups in total. The van der Waals surface area contributed by atoms with Crippen LogP contribution in [0, 0.1) is 0 Å². The molecule has 1 saturated carbocycles. The van der Waals surface area contributed by atoms with Crippen molar-refractivity contribution in [3.8, 4) is 0 Å². The fourth-order valence-electron chi connectivity index (χ4n) is 4.35. The molecule has 0 radical (unpaired) electrons. The van der Waals surface area contributed by atoms with Gasteiger partial charge in [0.2, 0.25) is 17.7 Å². The molecule has 0 unspecified atom stereocenters. The Labute approximate surface area is 165 Å². The number of aromatic amines is 1. The monoisotopic (exact) mass is 386 g/mol. The molecule has 3 amide bonds. The highest BCUT2D eigenvalue weighted by Crippen LogP contribution is 2.34. The zero-order valence-corrected chi connectivity index (χ0v) is 16.8. The first kappa shape index (κ1) is 20.2. The first-order chi connectivity index (χ1) is 13.4. The quantitative estimate of drug-likeness (QED) is 0.723. The van der Waals surface area contributed by atoms with Crippen molar-refractivity contribution in [2.24, 2.45) is 0 Å². The van der Waals surface area contributed by atoms with Gasteiger partial charge in [0.1, 0.15) is 5.54 Å². The van der Waals surface area contributed by atoms with Crippen molar-refractivity contribution in [2.45, 2.75) is 63.8 Å². The Hall–Kier alpha value is -2.57. The fraction of sp³-hybridized carbons (Fsp3) is 0.571. The standard InChI is InChI=1S/C21H30N4O3/c1-15(26)23-14-19(27)25(2)21(10-4-3-5-11-21)20(28)24-13-16-7-6-8-18-17(16)9-12-22-18/h9,12-13,22H,3-8,10-11,14H2,1-2H3,(H,23,26)(H,24,28)/b16-13+. The minimum atomic E-state index is -0.861. The highest BCUT2D eigenvalue weighted by Gasteiger charge is 2.44. The van der Waals surface area contributed by atoms with E-state index in [9.17, 15) is 14.4 Å². The predicted molar refractivity (Wildman–Crippen MR) is 107 cm³/mol. The molecular weight excluding hydrogens is 356 g/mol. The minimum absolute atomic E-state index is 0.0886. The normalized spacial score (nSPS) is 19.6. The van der Waals surface area contributed by atoms with Gasteiger partial charge in [-0.05, 0) is 49.3 Å². The van der Waals surface area contributed by atoms with Gasteiger partial charge in [-0.3, -0.25) is 14.4 Å². The first-order valence-corrected chi connectivity index (χ1v) is 10.1. The van der Waals surface area contributed by atoms with Gasteiger partial charge in [-0.2, -0.15) is 0 Å². The average Bonchev–Trinajstić information content (AvgIpc) is 3.19. The van der Waals surface area contributed by atoms with Gasteiger partial charge < -0.3 is 20.5 Å². The van der Waals surface area contributed by atoms with Crippen LogP contribution in [0.2, 0.25) is 0 Å².